The first-order valence-electron chi connectivity index (χ1n) is 5.05. The summed E-state index contributed by atoms with van der Waals surface area (Å²) in [5.74, 6) is 1.98. The first kappa shape index (κ1) is 9.09. The smallest absolute Gasteiger partial charge is 0.0351 e. The Balaban J connectivity index is 2.48. The Morgan fingerprint density at radius 1 is 1.36 bits per heavy atom. The van der Waals surface area contributed by atoms with E-state index in [1.807, 2.05) is 0 Å². The molecule has 0 spiro atoms. The van der Waals surface area contributed by atoms with Crippen LogP contribution >= 0.6 is 0 Å². The predicted molar refractivity (Wildman–Crippen MR) is 50.6 cm³/mol. The Morgan fingerprint density at radius 2 is 2.00 bits per heavy atom. The highest BCUT2D eigenvalue weighted by Crippen LogP contribution is 2.42. The molecule has 0 aromatic rings. The van der Waals surface area contributed by atoms with Crippen LogP contribution in [0.4, 0.5) is 0 Å². The Hall–Kier alpha value is 0. The van der Waals surface area contributed by atoms with E-state index in [2.05, 4.69) is 27.7 Å². The molecule has 66 valence electrons. The lowest BCUT2D eigenvalue weighted by molar-refractivity contribution is 0.126. The molecule has 0 aromatic heterocycles. The van der Waals surface area contributed by atoms with Gasteiger partial charge in [0.15, 0.2) is 0 Å². The third-order valence-corrected chi connectivity index (χ3v) is 3.40. The molecule has 1 aliphatic rings. The van der Waals surface area contributed by atoms with Crippen LogP contribution in [0.5, 0.6) is 0 Å². The Labute approximate surface area is 71.4 Å². The van der Waals surface area contributed by atoms with Crippen molar-refractivity contribution in [1.29, 1.82) is 0 Å². The molecule has 0 amide bonds. The highest BCUT2D eigenvalue weighted by Gasteiger charge is 2.30. The van der Waals surface area contributed by atoms with Crippen LogP contribution in [0.25, 0.3) is 0 Å². The molecule has 0 aliphatic heterocycles. The minimum atomic E-state index is 0.630. The summed E-state index contributed by atoms with van der Waals surface area (Å²) < 4.78 is 0. The summed E-state index contributed by atoms with van der Waals surface area (Å²) in [6.07, 6.45) is 5.73. The largest absolute Gasteiger partial charge is 0.0651 e. The first-order chi connectivity index (χ1) is 5.05. The highest BCUT2D eigenvalue weighted by atomic mass is 14.4. The minimum absolute atomic E-state index is 0.630. The number of hydrogen-bond acceptors (Lipinski definition) is 0. The predicted octanol–water partition coefficient (Wildman–Crippen LogP) is 3.86. The molecule has 1 rings (SSSR count). The molecule has 0 nitrogen and oxygen atoms in total. The van der Waals surface area contributed by atoms with Gasteiger partial charge in [0.25, 0.3) is 0 Å². The zero-order valence-corrected chi connectivity index (χ0v) is 8.48. The lowest BCUT2D eigenvalue weighted by atomic mass is 9.67. The molecule has 2 atom stereocenters. The van der Waals surface area contributed by atoms with Gasteiger partial charge in [-0.3, -0.25) is 0 Å². The molecule has 1 fully saturated rings. The first-order valence-corrected chi connectivity index (χ1v) is 5.05. The normalized spacial score (nSPS) is 37.1. The van der Waals surface area contributed by atoms with Gasteiger partial charge in [0.05, 0.1) is 0 Å². The molecule has 11 heavy (non-hydrogen) atoms. The maximum absolute atomic E-state index is 2.43. The Kier molecular flexibility index (Phi) is 2.61. The quantitative estimate of drug-likeness (QED) is 0.538. The van der Waals surface area contributed by atoms with Crippen molar-refractivity contribution < 1.29 is 0 Å². The van der Waals surface area contributed by atoms with E-state index in [9.17, 15) is 0 Å². The van der Waals surface area contributed by atoms with Crippen LogP contribution in [0.15, 0.2) is 0 Å². The molecule has 1 aliphatic carbocycles. The second-order valence-electron chi connectivity index (χ2n) is 5.05. The molecule has 0 bridgehead atoms. The summed E-state index contributed by atoms with van der Waals surface area (Å²) in [6, 6.07) is 0. The second-order valence-corrected chi connectivity index (χ2v) is 5.05. The summed E-state index contributed by atoms with van der Waals surface area (Å²) in [6.45, 7) is 9.58. The molecule has 0 heterocycles. The molecular weight excluding hydrogens is 132 g/mol. The number of hydrogen-bond donors (Lipinski definition) is 0. The average molecular weight is 154 g/mol. The molecule has 0 saturated heterocycles. The zero-order chi connectivity index (χ0) is 8.48. The molecule has 0 heteroatoms. The standard InChI is InChI=1S/C11H22/c1-5-10-6-7-11(3,4)8-9(10)2/h9-10H,5-8H2,1-4H3/t9-,10?/m1/s1. The summed E-state index contributed by atoms with van der Waals surface area (Å²) in [5.41, 5.74) is 0.630. The average Bonchev–Trinajstić information content (AvgIpc) is 1.86. The van der Waals surface area contributed by atoms with Gasteiger partial charge >= 0.3 is 0 Å². The third kappa shape index (κ3) is 2.21. The van der Waals surface area contributed by atoms with Crippen molar-refractivity contribution in [3.8, 4) is 0 Å². The lowest BCUT2D eigenvalue weighted by Gasteiger charge is -2.38. The van der Waals surface area contributed by atoms with Crippen molar-refractivity contribution in [2.24, 2.45) is 17.3 Å². The van der Waals surface area contributed by atoms with Crippen molar-refractivity contribution in [3.05, 3.63) is 0 Å². The monoisotopic (exact) mass is 154 g/mol. The fourth-order valence-electron chi connectivity index (χ4n) is 2.61. The van der Waals surface area contributed by atoms with Crippen LogP contribution in [0.3, 0.4) is 0 Å². The molecule has 0 radical (unpaired) electrons. The highest BCUT2D eigenvalue weighted by molar-refractivity contribution is 4.82. The summed E-state index contributed by atoms with van der Waals surface area (Å²) in [7, 11) is 0. The van der Waals surface area contributed by atoms with Crippen LogP contribution in [0, 0.1) is 17.3 Å². The van der Waals surface area contributed by atoms with Crippen molar-refractivity contribution in [2.45, 2.75) is 53.4 Å². The van der Waals surface area contributed by atoms with Crippen molar-refractivity contribution in [2.75, 3.05) is 0 Å². The van der Waals surface area contributed by atoms with E-state index < -0.39 is 0 Å². The van der Waals surface area contributed by atoms with Crippen molar-refractivity contribution >= 4 is 0 Å². The van der Waals surface area contributed by atoms with E-state index in [0.717, 1.165) is 11.8 Å². The van der Waals surface area contributed by atoms with Gasteiger partial charge in [-0.25, -0.2) is 0 Å². The maximum atomic E-state index is 2.43. The van der Waals surface area contributed by atoms with Crippen LogP contribution < -0.4 is 0 Å². The zero-order valence-electron chi connectivity index (χ0n) is 8.48. The maximum Gasteiger partial charge on any atom is -0.0351 e. The van der Waals surface area contributed by atoms with Crippen LogP contribution in [0.1, 0.15) is 53.4 Å². The fourth-order valence-corrected chi connectivity index (χ4v) is 2.61. The van der Waals surface area contributed by atoms with Crippen LogP contribution in [-0.2, 0) is 0 Å². The molecule has 0 N–H and O–H groups in total. The van der Waals surface area contributed by atoms with E-state index in [1.54, 1.807) is 0 Å². The van der Waals surface area contributed by atoms with Gasteiger partial charge in [0.2, 0.25) is 0 Å². The van der Waals surface area contributed by atoms with E-state index in [4.69, 9.17) is 0 Å². The molecule has 0 aromatic carbocycles. The van der Waals surface area contributed by atoms with Crippen molar-refractivity contribution in [1.82, 2.24) is 0 Å². The summed E-state index contributed by atoms with van der Waals surface area (Å²) >= 11 is 0. The summed E-state index contributed by atoms with van der Waals surface area (Å²) in [4.78, 5) is 0. The Morgan fingerprint density at radius 3 is 2.45 bits per heavy atom. The Bertz CT molecular complexity index is 124. The van der Waals surface area contributed by atoms with Gasteiger partial charge in [-0.2, -0.15) is 0 Å². The van der Waals surface area contributed by atoms with Gasteiger partial charge in [-0.1, -0.05) is 34.1 Å². The van der Waals surface area contributed by atoms with E-state index in [0.29, 0.717) is 5.41 Å². The van der Waals surface area contributed by atoms with Crippen molar-refractivity contribution in [3.63, 3.8) is 0 Å². The minimum Gasteiger partial charge on any atom is -0.0651 e. The van der Waals surface area contributed by atoms with Gasteiger partial charge < -0.3 is 0 Å². The van der Waals surface area contributed by atoms with Gasteiger partial charge in [-0.05, 0) is 36.5 Å². The van der Waals surface area contributed by atoms with E-state index in [1.165, 1.54) is 25.7 Å². The second kappa shape index (κ2) is 3.16. The van der Waals surface area contributed by atoms with Gasteiger partial charge in [-0.15, -0.1) is 0 Å². The van der Waals surface area contributed by atoms with E-state index >= 15 is 0 Å². The summed E-state index contributed by atoms with van der Waals surface area (Å²) in [5, 5.41) is 0. The van der Waals surface area contributed by atoms with Gasteiger partial charge in [0, 0.05) is 0 Å². The third-order valence-electron chi connectivity index (χ3n) is 3.40. The van der Waals surface area contributed by atoms with Crippen LogP contribution in [0.2, 0.25) is 0 Å². The lowest BCUT2D eigenvalue weighted by Crippen LogP contribution is -2.27. The molecule has 1 unspecified atom stereocenters. The van der Waals surface area contributed by atoms with Crippen LogP contribution in [-0.4, -0.2) is 0 Å². The molecule has 1 saturated carbocycles. The SMILES string of the molecule is CCC1CCC(C)(C)C[C@H]1C. The number of rotatable bonds is 1. The fraction of sp³-hybridized carbons (Fsp3) is 1.00. The van der Waals surface area contributed by atoms with E-state index in [-0.39, 0.29) is 0 Å². The molecular formula is C11H22. The topological polar surface area (TPSA) is 0 Å². The van der Waals surface area contributed by atoms with Gasteiger partial charge in [0.1, 0.15) is 0 Å².